The van der Waals surface area contributed by atoms with Gasteiger partial charge in [-0.2, -0.15) is 5.26 Å². The molecule has 1 fully saturated rings. The lowest BCUT2D eigenvalue weighted by Crippen LogP contribution is -2.49. The van der Waals surface area contributed by atoms with Crippen LogP contribution < -0.4 is 14.2 Å². The average Bonchev–Trinajstić information content (AvgIpc) is 2.79. The minimum absolute atomic E-state index is 0.0220. The van der Waals surface area contributed by atoms with Crippen molar-refractivity contribution in [3.63, 3.8) is 0 Å². The van der Waals surface area contributed by atoms with E-state index in [2.05, 4.69) is 6.07 Å². The lowest BCUT2D eigenvalue weighted by Gasteiger charge is -2.35. The number of benzene rings is 2. The Balaban J connectivity index is 1.61. The van der Waals surface area contributed by atoms with Crippen molar-refractivity contribution in [1.29, 1.82) is 5.26 Å². The van der Waals surface area contributed by atoms with Gasteiger partial charge in [0.05, 0.1) is 12.2 Å². The Morgan fingerprint density at radius 1 is 1.06 bits per heavy atom. The maximum absolute atomic E-state index is 13.2. The van der Waals surface area contributed by atoms with Gasteiger partial charge >= 0.3 is 0 Å². The molecule has 6 nitrogen and oxygen atoms in total. The largest absolute Gasteiger partial charge is 0.490 e. The van der Waals surface area contributed by atoms with Crippen molar-refractivity contribution in [3.05, 3.63) is 54.1 Å². The van der Waals surface area contributed by atoms with Gasteiger partial charge in [0.1, 0.15) is 17.9 Å². The molecule has 1 unspecified atom stereocenters. The number of nitrogens with zero attached hydrogens (tertiary/aromatic N) is 2. The minimum atomic E-state index is -0.634. The highest BCUT2D eigenvalue weighted by Gasteiger charge is 2.32. The molecule has 1 atom stereocenters. The summed E-state index contributed by atoms with van der Waals surface area (Å²) in [6.07, 6.45) is 0.881. The third-order valence-electron chi connectivity index (χ3n) is 5.31. The van der Waals surface area contributed by atoms with Gasteiger partial charge < -0.3 is 19.1 Å². The average molecular weight is 423 g/mol. The summed E-state index contributed by atoms with van der Waals surface area (Å²) in [4.78, 5) is 15.0. The fraction of sp³-hybridized carbons (Fsp3) is 0.440. The van der Waals surface area contributed by atoms with Gasteiger partial charge in [0.25, 0.3) is 5.91 Å². The molecule has 0 aliphatic carbocycles. The number of amides is 1. The van der Waals surface area contributed by atoms with E-state index in [9.17, 15) is 10.1 Å². The summed E-state index contributed by atoms with van der Waals surface area (Å²) in [5.74, 6) is 1.86. The third-order valence-corrected chi connectivity index (χ3v) is 5.31. The molecular weight excluding hydrogens is 392 g/mol. The van der Waals surface area contributed by atoms with Crippen LogP contribution in [0.2, 0.25) is 0 Å². The Hall–Kier alpha value is -3.20. The lowest BCUT2D eigenvalue weighted by molar-refractivity contribution is -0.142. The second-order valence-electron chi connectivity index (χ2n) is 7.91. The van der Waals surface area contributed by atoms with Crippen LogP contribution in [-0.4, -0.2) is 42.7 Å². The zero-order chi connectivity index (χ0) is 22.2. The first-order chi connectivity index (χ1) is 15.0. The van der Waals surface area contributed by atoms with Gasteiger partial charge in [-0.25, -0.2) is 0 Å². The Morgan fingerprint density at radius 2 is 1.68 bits per heavy atom. The van der Waals surface area contributed by atoms with E-state index in [4.69, 9.17) is 14.2 Å². The Labute approximate surface area is 184 Å². The zero-order valence-corrected chi connectivity index (χ0v) is 18.4. The van der Waals surface area contributed by atoms with E-state index >= 15 is 0 Å². The van der Waals surface area contributed by atoms with Gasteiger partial charge in [-0.3, -0.25) is 4.79 Å². The van der Waals surface area contributed by atoms with Crippen molar-refractivity contribution in [3.8, 4) is 23.3 Å². The quantitative estimate of drug-likeness (QED) is 0.629. The molecule has 6 heteroatoms. The second kappa shape index (κ2) is 10.7. The summed E-state index contributed by atoms with van der Waals surface area (Å²) in [7, 11) is 0. The van der Waals surface area contributed by atoms with E-state index in [1.165, 1.54) is 0 Å². The van der Waals surface area contributed by atoms with Crippen LogP contribution in [0.4, 0.5) is 0 Å². The molecule has 0 aromatic heterocycles. The molecule has 1 amide bonds. The number of hydrogen-bond donors (Lipinski definition) is 0. The van der Waals surface area contributed by atoms with Crippen molar-refractivity contribution in [2.75, 3.05) is 19.7 Å². The maximum Gasteiger partial charge on any atom is 0.263 e. The van der Waals surface area contributed by atoms with Gasteiger partial charge in [0.2, 0.25) is 0 Å². The number of carbonyl (C=O) groups is 1. The van der Waals surface area contributed by atoms with E-state index in [0.29, 0.717) is 31.0 Å². The summed E-state index contributed by atoms with van der Waals surface area (Å²) in [5.41, 5.74) is 0.432. The molecule has 0 spiro atoms. The van der Waals surface area contributed by atoms with Gasteiger partial charge in [0.15, 0.2) is 17.6 Å². The molecule has 1 aliphatic heterocycles. The van der Waals surface area contributed by atoms with Crippen LogP contribution in [0.1, 0.15) is 39.2 Å². The number of para-hydroxylation sites is 3. The van der Waals surface area contributed by atoms with Crippen LogP contribution >= 0.6 is 0 Å². The van der Waals surface area contributed by atoms with Crippen molar-refractivity contribution < 1.29 is 19.0 Å². The van der Waals surface area contributed by atoms with Crippen molar-refractivity contribution >= 4 is 5.91 Å². The standard InChI is InChI=1S/C25H30N2O4/c1-4-29-22-11-7-8-12-23(22)30-20-13-15-27(16-14-20)25(28)24(18(2)3)31-21-10-6-5-9-19(21)17-26/h5-12,18,20,24H,4,13-16H2,1-3H3. The number of ether oxygens (including phenoxy) is 3. The third kappa shape index (κ3) is 5.69. The van der Waals surface area contributed by atoms with Crippen molar-refractivity contribution in [2.45, 2.75) is 45.8 Å². The van der Waals surface area contributed by atoms with E-state index < -0.39 is 6.10 Å². The molecule has 1 aliphatic rings. The fourth-order valence-corrected chi connectivity index (χ4v) is 3.65. The molecule has 2 aromatic rings. The second-order valence-corrected chi connectivity index (χ2v) is 7.91. The summed E-state index contributed by atoms with van der Waals surface area (Å²) in [6, 6.07) is 16.8. The molecule has 3 rings (SSSR count). The molecule has 31 heavy (non-hydrogen) atoms. The predicted octanol–water partition coefficient (Wildman–Crippen LogP) is 4.43. The summed E-state index contributed by atoms with van der Waals surface area (Å²) >= 11 is 0. The first-order valence-electron chi connectivity index (χ1n) is 10.9. The molecule has 0 radical (unpaired) electrons. The number of piperidine rings is 1. The highest BCUT2D eigenvalue weighted by molar-refractivity contribution is 5.81. The number of carbonyl (C=O) groups excluding carboxylic acids is 1. The first-order valence-corrected chi connectivity index (χ1v) is 10.9. The van der Waals surface area contributed by atoms with Gasteiger partial charge in [-0.15, -0.1) is 0 Å². The molecule has 1 saturated heterocycles. The molecule has 0 bridgehead atoms. The van der Waals surface area contributed by atoms with E-state index in [-0.39, 0.29) is 17.9 Å². The zero-order valence-electron chi connectivity index (χ0n) is 18.4. The molecule has 1 heterocycles. The Kier molecular flexibility index (Phi) is 7.77. The molecule has 164 valence electrons. The number of nitriles is 1. The van der Waals surface area contributed by atoms with Gasteiger partial charge in [-0.05, 0) is 37.1 Å². The Morgan fingerprint density at radius 3 is 2.29 bits per heavy atom. The van der Waals surface area contributed by atoms with Crippen LogP contribution in [0.3, 0.4) is 0 Å². The summed E-state index contributed by atoms with van der Waals surface area (Å²) in [5, 5.41) is 9.31. The highest BCUT2D eigenvalue weighted by atomic mass is 16.5. The van der Waals surface area contributed by atoms with Crippen molar-refractivity contribution in [1.82, 2.24) is 4.90 Å². The normalized spacial score (nSPS) is 15.3. The first kappa shape index (κ1) is 22.5. The van der Waals surface area contributed by atoms with Crippen LogP contribution in [0.25, 0.3) is 0 Å². The van der Waals surface area contributed by atoms with Crippen molar-refractivity contribution in [2.24, 2.45) is 5.92 Å². The molecule has 0 N–H and O–H groups in total. The van der Waals surface area contributed by atoms with Crippen LogP contribution in [0.5, 0.6) is 17.2 Å². The maximum atomic E-state index is 13.2. The fourth-order valence-electron chi connectivity index (χ4n) is 3.65. The van der Waals surface area contributed by atoms with E-state index in [0.717, 1.165) is 24.3 Å². The van der Waals surface area contributed by atoms with Crippen LogP contribution in [0, 0.1) is 17.2 Å². The molecule has 0 saturated carbocycles. The number of likely N-dealkylation sites (tertiary alicyclic amines) is 1. The number of rotatable bonds is 8. The smallest absolute Gasteiger partial charge is 0.263 e. The van der Waals surface area contributed by atoms with Gasteiger partial charge in [-0.1, -0.05) is 38.1 Å². The Bertz CT molecular complexity index is 914. The van der Waals surface area contributed by atoms with Crippen LogP contribution in [-0.2, 0) is 4.79 Å². The number of hydrogen-bond acceptors (Lipinski definition) is 5. The van der Waals surface area contributed by atoms with E-state index in [1.54, 1.807) is 24.3 Å². The van der Waals surface area contributed by atoms with E-state index in [1.807, 2.05) is 49.9 Å². The SMILES string of the molecule is CCOc1ccccc1OC1CCN(C(=O)C(Oc2ccccc2C#N)C(C)C)CC1. The predicted molar refractivity (Wildman–Crippen MR) is 118 cm³/mol. The van der Waals surface area contributed by atoms with Gasteiger partial charge in [0, 0.05) is 25.9 Å². The monoisotopic (exact) mass is 422 g/mol. The summed E-state index contributed by atoms with van der Waals surface area (Å²) < 4.78 is 17.8. The highest BCUT2D eigenvalue weighted by Crippen LogP contribution is 2.30. The summed E-state index contributed by atoms with van der Waals surface area (Å²) in [6.45, 7) is 7.65. The molecule has 2 aromatic carbocycles. The minimum Gasteiger partial charge on any atom is -0.490 e. The molecular formula is C25H30N2O4. The van der Waals surface area contributed by atoms with Crippen LogP contribution in [0.15, 0.2) is 48.5 Å². The topological polar surface area (TPSA) is 71.8 Å². The lowest BCUT2D eigenvalue weighted by atomic mass is 10.0.